The molecule has 0 aromatic carbocycles. The number of nitrogen functional groups attached to an aromatic ring is 1. The molecule has 2 saturated heterocycles. The number of hydrogen-bond acceptors (Lipinski definition) is 4. The Morgan fingerprint density at radius 2 is 2.05 bits per heavy atom. The molecule has 19 heavy (non-hydrogen) atoms. The third-order valence-corrected chi connectivity index (χ3v) is 4.53. The molecule has 0 unspecified atom stereocenters. The van der Waals surface area contributed by atoms with Crippen LogP contribution in [-0.4, -0.2) is 30.3 Å². The van der Waals surface area contributed by atoms with Crippen molar-refractivity contribution >= 4 is 23.1 Å². The van der Waals surface area contributed by atoms with Gasteiger partial charge in [0.2, 0.25) is 0 Å². The lowest BCUT2D eigenvalue weighted by atomic mass is 9.84. The normalized spacial score (nSPS) is 22.7. The van der Waals surface area contributed by atoms with Crippen molar-refractivity contribution in [2.75, 3.05) is 30.3 Å². The Morgan fingerprint density at radius 3 is 2.68 bits per heavy atom. The smallest absolute Gasteiger partial charge is 0.147 e. The number of nitrogens with zero attached hydrogens (tertiary/aromatic N) is 2. The summed E-state index contributed by atoms with van der Waals surface area (Å²) in [6.45, 7) is 2.83. The minimum Gasteiger partial charge on any atom is -0.397 e. The van der Waals surface area contributed by atoms with Crippen LogP contribution in [0.15, 0.2) is 12.3 Å². The van der Waals surface area contributed by atoms with E-state index in [9.17, 15) is 0 Å². The van der Waals surface area contributed by atoms with Gasteiger partial charge in [0.05, 0.1) is 22.5 Å². The average molecular weight is 282 g/mol. The predicted molar refractivity (Wildman–Crippen MR) is 77.6 cm³/mol. The Labute approximate surface area is 118 Å². The van der Waals surface area contributed by atoms with Crippen molar-refractivity contribution in [2.45, 2.75) is 37.7 Å². The molecule has 3 rings (SSSR count). The molecule has 2 aliphatic heterocycles. The van der Waals surface area contributed by atoms with E-state index in [0.29, 0.717) is 10.7 Å². The van der Waals surface area contributed by atoms with E-state index in [0.717, 1.165) is 38.4 Å². The Kier molecular flexibility index (Phi) is 3.54. The molecule has 1 aromatic heterocycles. The molecule has 5 heteroatoms. The number of pyridine rings is 1. The van der Waals surface area contributed by atoms with Gasteiger partial charge in [-0.1, -0.05) is 11.6 Å². The van der Waals surface area contributed by atoms with Crippen LogP contribution in [0.4, 0.5) is 11.5 Å². The molecular weight excluding hydrogens is 262 g/mol. The second kappa shape index (κ2) is 5.17. The molecule has 2 fully saturated rings. The quantitative estimate of drug-likeness (QED) is 0.860. The summed E-state index contributed by atoms with van der Waals surface area (Å²) in [6.07, 6.45) is 7.49. The number of ether oxygens (including phenoxy) is 1. The van der Waals surface area contributed by atoms with Gasteiger partial charge in [0, 0.05) is 19.7 Å². The molecule has 0 saturated carbocycles. The Hall–Kier alpha value is -1.00. The Morgan fingerprint density at radius 1 is 1.26 bits per heavy atom. The molecular formula is C14H20ClN3O. The summed E-state index contributed by atoms with van der Waals surface area (Å²) >= 11 is 6.22. The minimum absolute atomic E-state index is 0.120. The van der Waals surface area contributed by atoms with E-state index >= 15 is 0 Å². The zero-order valence-electron chi connectivity index (χ0n) is 11.1. The van der Waals surface area contributed by atoms with Crippen LogP contribution in [0, 0.1) is 0 Å². The van der Waals surface area contributed by atoms with Crippen molar-refractivity contribution in [2.24, 2.45) is 0 Å². The number of hydrogen-bond donors (Lipinski definition) is 1. The second-order valence-corrected chi connectivity index (χ2v) is 5.96. The van der Waals surface area contributed by atoms with Gasteiger partial charge in [-0.15, -0.1) is 0 Å². The van der Waals surface area contributed by atoms with Crippen molar-refractivity contribution in [1.29, 1.82) is 0 Å². The highest BCUT2D eigenvalue weighted by Crippen LogP contribution is 2.37. The number of nitrogens with two attached hydrogens (primary N) is 1. The lowest BCUT2D eigenvalue weighted by Gasteiger charge is -2.44. The van der Waals surface area contributed by atoms with Crippen LogP contribution in [-0.2, 0) is 4.74 Å². The first kappa shape index (κ1) is 13.0. The Bertz CT molecular complexity index is 450. The van der Waals surface area contributed by atoms with Gasteiger partial charge in [0.1, 0.15) is 5.82 Å². The molecule has 0 aliphatic carbocycles. The molecule has 0 bridgehead atoms. The molecule has 104 valence electrons. The van der Waals surface area contributed by atoms with Gasteiger partial charge >= 0.3 is 0 Å². The third kappa shape index (κ3) is 2.65. The van der Waals surface area contributed by atoms with E-state index in [-0.39, 0.29) is 5.60 Å². The van der Waals surface area contributed by atoms with E-state index in [1.54, 1.807) is 12.3 Å². The van der Waals surface area contributed by atoms with Gasteiger partial charge in [-0.25, -0.2) is 4.98 Å². The van der Waals surface area contributed by atoms with Crippen LogP contribution in [0.5, 0.6) is 0 Å². The molecule has 2 N–H and O–H groups in total. The molecule has 0 amide bonds. The zero-order valence-corrected chi connectivity index (χ0v) is 11.8. The van der Waals surface area contributed by atoms with Gasteiger partial charge in [-0.2, -0.15) is 0 Å². The fourth-order valence-corrected chi connectivity index (χ4v) is 3.40. The summed E-state index contributed by atoms with van der Waals surface area (Å²) in [7, 11) is 0. The van der Waals surface area contributed by atoms with Crippen LogP contribution in [0.25, 0.3) is 0 Å². The van der Waals surface area contributed by atoms with Gasteiger partial charge in [-0.3, -0.25) is 0 Å². The molecule has 3 heterocycles. The first-order valence-corrected chi connectivity index (χ1v) is 7.36. The first-order valence-electron chi connectivity index (χ1n) is 6.99. The fraction of sp³-hybridized carbons (Fsp3) is 0.643. The lowest BCUT2D eigenvalue weighted by Crippen LogP contribution is -2.48. The van der Waals surface area contributed by atoms with Crippen molar-refractivity contribution in [3.63, 3.8) is 0 Å². The summed E-state index contributed by atoms with van der Waals surface area (Å²) in [4.78, 5) is 6.60. The zero-order chi connectivity index (χ0) is 13.3. The molecule has 2 aliphatic rings. The van der Waals surface area contributed by atoms with Crippen molar-refractivity contribution in [3.05, 3.63) is 17.3 Å². The summed E-state index contributed by atoms with van der Waals surface area (Å²) in [5, 5.41) is 0.639. The summed E-state index contributed by atoms with van der Waals surface area (Å²) in [5.74, 6) is 0.849. The van der Waals surface area contributed by atoms with E-state index in [2.05, 4.69) is 9.88 Å². The number of halogens is 1. The number of piperidine rings is 1. The van der Waals surface area contributed by atoms with Crippen LogP contribution in [0.1, 0.15) is 32.1 Å². The molecule has 0 atom stereocenters. The standard InChI is InChI=1S/C14H20ClN3O/c15-12-9-11(16)10-17-13(12)18-6-4-14(5-7-18)3-1-2-8-19-14/h9-10H,1-8,16H2. The largest absolute Gasteiger partial charge is 0.397 e. The highest BCUT2D eigenvalue weighted by atomic mass is 35.5. The molecule has 0 radical (unpaired) electrons. The average Bonchev–Trinajstić information content (AvgIpc) is 2.41. The highest BCUT2D eigenvalue weighted by molar-refractivity contribution is 6.33. The number of aromatic nitrogens is 1. The molecule has 1 aromatic rings. The topological polar surface area (TPSA) is 51.4 Å². The first-order chi connectivity index (χ1) is 9.19. The van der Waals surface area contributed by atoms with Crippen LogP contribution >= 0.6 is 11.6 Å². The van der Waals surface area contributed by atoms with Gasteiger partial charge in [0.15, 0.2) is 0 Å². The Balaban J connectivity index is 1.69. The van der Waals surface area contributed by atoms with Crippen LogP contribution in [0.2, 0.25) is 5.02 Å². The fourth-order valence-electron chi connectivity index (χ4n) is 3.11. The minimum atomic E-state index is 0.120. The van der Waals surface area contributed by atoms with E-state index < -0.39 is 0 Å². The summed E-state index contributed by atoms with van der Waals surface area (Å²) in [6, 6.07) is 1.77. The maximum absolute atomic E-state index is 6.22. The van der Waals surface area contributed by atoms with Gasteiger partial charge in [0.25, 0.3) is 0 Å². The monoisotopic (exact) mass is 281 g/mol. The maximum Gasteiger partial charge on any atom is 0.147 e. The van der Waals surface area contributed by atoms with E-state index in [1.807, 2.05) is 0 Å². The highest BCUT2D eigenvalue weighted by Gasteiger charge is 2.37. The number of rotatable bonds is 1. The van der Waals surface area contributed by atoms with E-state index in [1.165, 1.54) is 19.3 Å². The maximum atomic E-state index is 6.22. The number of anilines is 2. The third-order valence-electron chi connectivity index (χ3n) is 4.25. The van der Waals surface area contributed by atoms with Crippen LogP contribution in [0.3, 0.4) is 0 Å². The van der Waals surface area contributed by atoms with Crippen molar-refractivity contribution in [1.82, 2.24) is 4.98 Å². The van der Waals surface area contributed by atoms with Gasteiger partial charge < -0.3 is 15.4 Å². The lowest BCUT2D eigenvalue weighted by molar-refractivity contribution is -0.0921. The SMILES string of the molecule is Nc1cnc(N2CCC3(CCCCO3)CC2)c(Cl)c1. The van der Waals surface area contributed by atoms with Crippen LogP contribution < -0.4 is 10.6 Å². The van der Waals surface area contributed by atoms with Crippen molar-refractivity contribution in [3.8, 4) is 0 Å². The predicted octanol–water partition coefficient (Wildman–Crippen LogP) is 2.86. The second-order valence-electron chi connectivity index (χ2n) is 5.55. The van der Waals surface area contributed by atoms with E-state index in [4.69, 9.17) is 22.1 Å². The van der Waals surface area contributed by atoms with Crippen molar-refractivity contribution < 1.29 is 4.74 Å². The summed E-state index contributed by atoms with van der Waals surface area (Å²) < 4.78 is 6.04. The molecule has 1 spiro atoms. The summed E-state index contributed by atoms with van der Waals surface area (Å²) in [5.41, 5.74) is 6.41. The van der Waals surface area contributed by atoms with Gasteiger partial charge in [-0.05, 0) is 38.2 Å². The molecule has 4 nitrogen and oxygen atoms in total.